The molecule has 0 radical (unpaired) electrons. The molecule has 18 heavy (non-hydrogen) atoms. The summed E-state index contributed by atoms with van der Waals surface area (Å²) in [5.74, 6) is -1.79. The number of hydrogen-bond acceptors (Lipinski definition) is 5. The number of nitriles is 1. The molecular formula is C10H14N4O4. The Kier molecular flexibility index (Phi) is 5.07. The Balaban J connectivity index is 2.50. The standard InChI is InChI=1S/C10H14N4O4/c11-2-1-3-12-8(15)5-14-6-9(16)13-4-7(14)10(17)18/h7H,1,3-6H2,(H,12,15)(H,13,16)(H,17,18). The summed E-state index contributed by atoms with van der Waals surface area (Å²) in [6, 6.07) is 0.976. The number of amides is 2. The number of hydrogen-bond donors (Lipinski definition) is 3. The maximum atomic E-state index is 11.5. The Bertz CT molecular complexity index is 390. The lowest BCUT2D eigenvalue weighted by Gasteiger charge is -2.31. The molecular weight excluding hydrogens is 240 g/mol. The lowest BCUT2D eigenvalue weighted by atomic mass is 10.2. The zero-order valence-corrected chi connectivity index (χ0v) is 9.68. The lowest BCUT2D eigenvalue weighted by Crippen LogP contribution is -2.59. The Morgan fingerprint density at radius 1 is 1.61 bits per heavy atom. The van der Waals surface area contributed by atoms with Gasteiger partial charge in [-0.1, -0.05) is 0 Å². The second kappa shape index (κ2) is 6.56. The highest BCUT2D eigenvalue weighted by Gasteiger charge is 2.32. The van der Waals surface area contributed by atoms with Crippen LogP contribution < -0.4 is 10.6 Å². The number of carbonyl (C=O) groups is 3. The first-order chi connectivity index (χ1) is 8.54. The second-order valence-corrected chi connectivity index (χ2v) is 3.82. The molecule has 0 bridgehead atoms. The lowest BCUT2D eigenvalue weighted by molar-refractivity contribution is -0.146. The van der Waals surface area contributed by atoms with Crippen molar-refractivity contribution in [2.75, 3.05) is 26.2 Å². The summed E-state index contributed by atoms with van der Waals surface area (Å²) in [5, 5.41) is 22.2. The van der Waals surface area contributed by atoms with Gasteiger partial charge in [-0.2, -0.15) is 5.26 Å². The van der Waals surface area contributed by atoms with E-state index in [1.807, 2.05) is 6.07 Å². The predicted molar refractivity (Wildman–Crippen MR) is 59.2 cm³/mol. The molecule has 0 aliphatic carbocycles. The van der Waals surface area contributed by atoms with Gasteiger partial charge in [0.25, 0.3) is 0 Å². The van der Waals surface area contributed by atoms with Gasteiger partial charge in [-0.15, -0.1) is 0 Å². The molecule has 2 amide bonds. The Labute approximate surface area is 104 Å². The summed E-state index contributed by atoms with van der Waals surface area (Å²) in [6.07, 6.45) is 0.189. The molecule has 0 saturated carbocycles. The molecule has 1 aliphatic rings. The van der Waals surface area contributed by atoms with Crippen LogP contribution in [0.5, 0.6) is 0 Å². The minimum atomic E-state index is -1.08. The summed E-state index contributed by atoms with van der Waals surface area (Å²) in [5.41, 5.74) is 0. The van der Waals surface area contributed by atoms with Crippen LogP contribution in [-0.2, 0) is 14.4 Å². The number of piperazine rings is 1. The smallest absolute Gasteiger partial charge is 0.322 e. The van der Waals surface area contributed by atoms with E-state index in [4.69, 9.17) is 10.4 Å². The summed E-state index contributed by atoms with van der Waals surface area (Å²) < 4.78 is 0. The van der Waals surface area contributed by atoms with Crippen molar-refractivity contribution in [2.24, 2.45) is 0 Å². The van der Waals surface area contributed by atoms with Gasteiger partial charge in [0.2, 0.25) is 11.8 Å². The number of carbonyl (C=O) groups excluding carboxylic acids is 2. The minimum Gasteiger partial charge on any atom is -0.480 e. The highest BCUT2D eigenvalue weighted by molar-refractivity contribution is 5.85. The normalized spacial score (nSPS) is 19.7. The van der Waals surface area contributed by atoms with Crippen molar-refractivity contribution in [1.82, 2.24) is 15.5 Å². The molecule has 0 aromatic carbocycles. The number of nitrogens with zero attached hydrogens (tertiary/aromatic N) is 2. The van der Waals surface area contributed by atoms with E-state index in [0.717, 1.165) is 0 Å². The third-order valence-corrected chi connectivity index (χ3v) is 2.47. The maximum Gasteiger partial charge on any atom is 0.322 e. The topological polar surface area (TPSA) is 123 Å². The van der Waals surface area contributed by atoms with E-state index in [1.165, 1.54) is 4.90 Å². The van der Waals surface area contributed by atoms with Crippen LogP contribution in [0.3, 0.4) is 0 Å². The van der Waals surface area contributed by atoms with Gasteiger partial charge in [0.15, 0.2) is 0 Å². The highest BCUT2D eigenvalue weighted by atomic mass is 16.4. The maximum absolute atomic E-state index is 11.5. The monoisotopic (exact) mass is 254 g/mol. The fraction of sp³-hybridized carbons (Fsp3) is 0.600. The van der Waals surface area contributed by atoms with Crippen LogP contribution in [0.2, 0.25) is 0 Å². The Hall–Kier alpha value is -2.14. The Morgan fingerprint density at radius 3 is 2.94 bits per heavy atom. The van der Waals surface area contributed by atoms with E-state index in [-0.39, 0.29) is 38.5 Å². The summed E-state index contributed by atoms with van der Waals surface area (Å²) in [4.78, 5) is 34.9. The van der Waals surface area contributed by atoms with Crippen molar-refractivity contribution in [1.29, 1.82) is 5.26 Å². The molecule has 1 aliphatic heterocycles. The van der Waals surface area contributed by atoms with Gasteiger partial charge >= 0.3 is 5.97 Å². The fourth-order valence-corrected chi connectivity index (χ4v) is 1.60. The van der Waals surface area contributed by atoms with Gasteiger partial charge in [0, 0.05) is 13.1 Å². The highest BCUT2D eigenvalue weighted by Crippen LogP contribution is 2.03. The van der Waals surface area contributed by atoms with Gasteiger partial charge in [0.1, 0.15) is 6.04 Å². The van der Waals surface area contributed by atoms with Crippen molar-refractivity contribution >= 4 is 17.8 Å². The van der Waals surface area contributed by atoms with E-state index in [2.05, 4.69) is 10.6 Å². The van der Waals surface area contributed by atoms with Crippen molar-refractivity contribution in [3.8, 4) is 6.07 Å². The number of carboxylic acids is 1. The van der Waals surface area contributed by atoms with Gasteiger partial charge in [-0.05, 0) is 0 Å². The van der Waals surface area contributed by atoms with Crippen LogP contribution in [0.4, 0.5) is 0 Å². The number of rotatable bonds is 5. The van der Waals surface area contributed by atoms with Crippen molar-refractivity contribution in [2.45, 2.75) is 12.5 Å². The average Bonchev–Trinajstić information content (AvgIpc) is 2.29. The van der Waals surface area contributed by atoms with Crippen LogP contribution in [0.15, 0.2) is 0 Å². The van der Waals surface area contributed by atoms with Crippen molar-refractivity contribution < 1.29 is 19.5 Å². The van der Waals surface area contributed by atoms with Gasteiger partial charge < -0.3 is 15.7 Å². The number of carboxylic acid groups (broad SMARTS) is 1. The first-order valence-corrected chi connectivity index (χ1v) is 5.41. The fourth-order valence-electron chi connectivity index (χ4n) is 1.60. The molecule has 1 unspecified atom stereocenters. The van der Waals surface area contributed by atoms with Crippen LogP contribution in [0, 0.1) is 11.3 Å². The van der Waals surface area contributed by atoms with E-state index in [0.29, 0.717) is 0 Å². The third kappa shape index (κ3) is 4.03. The first kappa shape index (κ1) is 13.9. The summed E-state index contributed by atoms with van der Waals surface area (Å²) in [7, 11) is 0. The molecule has 1 atom stereocenters. The van der Waals surface area contributed by atoms with Gasteiger partial charge in [-0.25, -0.2) is 0 Å². The minimum absolute atomic E-state index is 0.0142. The molecule has 0 spiro atoms. The largest absolute Gasteiger partial charge is 0.480 e. The molecule has 1 fully saturated rings. The summed E-state index contributed by atoms with van der Waals surface area (Å²) >= 11 is 0. The SMILES string of the molecule is N#CCCNC(=O)CN1CC(=O)NCC1C(=O)O. The molecule has 8 nitrogen and oxygen atoms in total. The van der Waals surface area contributed by atoms with E-state index >= 15 is 0 Å². The molecule has 0 aromatic rings. The molecule has 98 valence electrons. The molecule has 1 rings (SSSR count). The summed E-state index contributed by atoms with van der Waals surface area (Å²) in [6.45, 7) is -0.0921. The van der Waals surface area contributed by atoms with E-state index < -0.39 is 17.9 Å². The van der Waals surface area contributed by atoms with E-state index in [9.17, 15) is 14.4 Å². The number of nitrogens with one attached hydrogen (secondary N) is 2. The van der Waals surface area contributed by atoms with Crippen LogP contribution in [-0.4, -0.2) is 60.0 Å². The van der Waals surface area contributed by atoms with Crippen LogP contribution in [0.25, 0.3) is 0 Å². The molecule has 3 N–H and O–H groups in total. The van der Waals surface area contributed by atoms with Gasteiger partial charge in [0.05, 0.1) is 25.6 Å². The van der Waals surface area contributed by atoms with Crippen LogP contribution >= 0.6 is 0 Å². The zero-order valence-electron chi connectivity index (χ0n) is 9.68. The first-order valence-electron chi connectivity index (χ1n) is 5.41. The molecule has 0 aromatic heterocycles. The van der Waals surface area contributed by atoms with Gasteiger partial charge in [-0.3, -0.25) is 19.3 Å². The van der Waals surface area contributed by atoms with Crippen LogP contribution in [0.1, 0.15) is 6.42 Å². The quantitative estimate of drug-likeness (QED) is 0.483. The third-order valence-electron chi connectivity index (χ3n) is 2.47. The van der Waals surface area contributed by atoms with E-state index in [1.54, 1.807) is 0 Å². The Morgan fingerprint density at radius 2 is 2.33 bits per heavy atom. The predicted octanol–water partition coefficient (Wildman–Crippen LogP) is -2.10. The van der Waals surface area contributed by atoms with Crippen molar-refractivity contribution in [3.63, 3.8) is 0 Å². The second-order valence-electron chi connectivity index (χ2n) is 3.82. The van der Waals surface area contributed by atoms with Crippen molar-refractivity contribution in [3.05, 3.63) is 0 Å². The average molecular weight is 254 g/mol. The zero-order chi connectivity index (χ0) is 13.5. The molecule has 1 heterocycles. The number of aliphatic carboxylic acids is 1. The molecule has 8 heteroatoms. The molecule has 1 saturated heterocycles.